The first-order valence-corrected chi connectivity index (χ1v) is 38.8. The fourth-order valence-electron chi connectivity index (χ4n) is 3.19. The highest BCUT2D eigenvalue weighted by atomic mass is 33.0. The maximum Gasteiger partial charge on any atom is 0.273 e. The molecule has 0 aliphatic carbocycles. The molecule has 4 N–H and O–H groups in total. The minimum absolute atomic E-state index is 0.0231. The Hall–Kier alpha value is 2.72. The van der Waals surface area contributed by atoms with Gasteiger partial charge in [0, 0.05) is 20.5 Å². The number of amides is 5. The maximum atomic E-state index is 13.6. The van der Waals surface area contributed by atoms with E-state index in [0.717, 1.165) is 4.90 Å². The largest absolute Gasteiger partial charge is 0.338 e. The highest BCUT2D eigenvalue weighted by Crippen LogP contribution is 2.91. The van der Waals surface area contributed by atoms with Gasteiger partial charge < -0.3 is 26.2 Å². The van der Waals surface area contributed by atoms with E-state index >= 15 is 0 Å². The Morgan fingerprint density at radius 3 is 1.86 bits per heavy atom. The van der Waals surface area contributed by atoms with Gasteiger partial charge in [-0.05, 0) is 57.7 Å². The third-order valence-corrected chi connectivity index (χ3v) is 50.9. The number of hydrogen-bond acceptors (Lipinski definition) is 8. The van der Waals surface area contributed by atoms with E-state index in [4.69, 9.17) is 0 Å². The summed E-state index contributed by atoms with van der Waals surface area (Å²) in [5.41, 5.74) is -1.61. The molecule has 276 valence electrons. The maximum absolute atomic E-state index is 13.6. The van der Waals surface area contributed by atoms with Crippen LogP contribution in [0.15, 0.2) is 17.3 Å². The number of nitrogens with zero attached hydrogens (tertiary/aromatic N) is 2. The predicted octanol–water partition coefficient (Wildman–Crippen LogP) is 5.45. The van der Waals surface area contributed by atoms with Crippen molar-refractivity contribution in [2.75, 3.05) is 14.1 Å². The number of Topliss-reactive ketones (excluding diaryl/α,β-unsaturated/α-hetero) is 2. The summed E-state index contributed by atoms with van der Waals surface area (Å²) < 4.78 is 0. The van der Waals surface area contributed by atoms with Crippen molar-refractivity contribution >= 4 is 184 Å². The van der Waals surface area contributed by atoms with E-state index in [-0.39, 0.29) is 25.8 Å². The summed E-state index contributed by atoms with van der Waals surface area (Å²) in [7, 11) is 24.1. The van der Waals surface area contributed by atoms with E-state index in [1.54, 1.807) is 0 Å². The van der Waals surface area contributed by atoms with Crippen LogP contribution in [0.2, 0.25) is 0 Å². The lowest BCUT2D eigenvalue weighted by atomic mass is 9.94. The summed E-state index contributed by atoms with van der Waals surface area (Å²) in [6.45, 7) is 6.18. The van der Waals surface area contributed by atoms with E-state index in [1.165, 1.54) is 34.9 Å². The molecule has 0 aromatic heterocycles. The lowest BCUT2D eigenvalue weighted by molar-refractivity contribution is -0.140. The molecule has 0 saturated heterocycles. The van der Waals surface area contributed by atoms with E-state index < -0.39 is 93.8 Å². The molecule has 0 heterocycles. The van der Waals surface area contributed by atoms with Gasteiger partial charge in [-0.2, -0.15) is 0 Å². The van der Waals surface area contributed by atoms with Crippen LogP contribution in [0.4, 0.5) is 0 Å². The van der Waals surface area contributed by atoms with Crippen molar-refractivity contribution in [2.45, 2.75) is 44.3 Å². The van der Waals surface area contributed by atoms with Gasteiger partial charge >= 0.3 is 0 Å². The molecule has 12 unspecified atom stereocenters. The Kier molecular flexibility index (Phi) is 26.5. The summed E-state index contributed by atoms with van der Waals surface area (Å²) in [6, 6.07) is 0. The van der Waals surface area contributed by atoms with Gasteiger partial charge in [0.05, 0.1) is 5.70 Å². The molecule has 5 amide bonds. The first-order valence-electron chi connectivity index (χ1n) is 13.3. The van der Waals surface area contributed by atoms with Gasteiger partial charge in [0.15, 0.2) is 0 Å². The molecule has 0 rings (SSSR count). The fraction of sp³-hybridized carbons (Fsp3) is 0.450. The van der Waals surface area contributed by atoms with Crippen LogP contribution in [0.3, 0.4) is 0 Å². The average Bonchev–Trinajstić information content (AvgIpc) is 3.02. The first kappa shape index (κ1) is 51.7. The van der Waals surface area contributed by atoms with Crippen LogP contribution in [0.1, 0.15) is 27.2 Å². The Morgan fingerprint density at radius 1 is 0.898 bits per heavy atom. The van der Waals surface area contributed by atoms with Crippen molar-refractivity contribution in [1.82, 2.24) is 26.2 Å². The summed E-state index contributed by atoms with van der Waals surface area (Å²) in [6.07, 6.45) is -0.0231. The van der Waals surface area contributed by atoms with Gasteiger partial charge in [-0.3, -0.25) is 38.6 Å². The Morgan fingerprint density at radius 2 is 1.43 bits per heavy atom. The Bertz CT molecular complexity index is 1360. The number of rotatable bonds is 19. The topological polar surface area (TPSA) is 183 Å². The van der Waals surface area contributed by atoms with Gasteiger partial charge in [-0.1, -0.05) is 30.3 Å². The highest BCUT2D eigenvalue weighted by molar-refractivity contribution is 8.95. The minimum atomic E-state index is -1.52. The number of ketones is 2. The van der Waals surface area contributed by atoms with E-state index in [9.17, 15) is 33.6 Å². The van der Waals surface area contributed by atoms with Gasteiger partial charge in [0.1, 0.15) is 28.0 Å². The molecule has 0 aromatic rings. The summed E-state index contributed by atoms with van der Waals surface area (Å²) >= 11 is 0. The van der Waals surface area contributed by atoms with Gasteiger partial charge in [-0.25, -0.2) is 0 Å². The second-order valence-electron chi connectivity index (χ2n) is 9.87. The first-order chi connectivity index (χ1) is 22.5. The van der Waals surface area contributed by atoms with Crippen LogP contribution >= 0.6 is 132 Å². The average molecular weight is 976 g/mol. The van der Waals surface area contributed by atoms with Crippen LogP contribution < -0.4 is 21.3 Å². The summed E-state index contributed by atoms with van der Waals surface area (Å²) in [5.74, 6) is -6.99. The Balaban J connectivity index is 5.95. The van der Waals surface area contributed by atoms with Crippen molar-refractivity contribution in [3.63, 3.8) is 0 Å². The third-order valence-electron chi connectivity index (χ3n) is 5.85. The van der Waals surface area contributed by atoms with Gasteiger partial charge in [0.2, 0.25) is 11.6 Å². The summed E-state index contributed by atoms with van der Waals surface area (Å²) in [4.78, 5) is 96.4. The molecule has 0 fully saturated rings. The van der Waals surface area contributed by atoms with Crippen LogP contribution in [-0.4, -0.2) is 88.1 Å². The normalized spacial score (nSPS) is 15.0. The minimum Gasteiger partial charge on any atom is -0.338 e. The van der Waals surface area contributed by atoms with Crippen LogP contribution in [0.25, 0.3) is 0 Å². The lowest BCUT2D eigenvalue weighted by Gasteiger charge is -2.30. The van der Waals surface area contributed by atoms with Gasteiger partial charge in [-0.15, -0.1) is 71.4 Å². The van der Waals surface area contributed by atoms with Crippen molar-refractivity contribution in [3.8, 4) is 0 Å². The van der Waals surface area contributed by atoms with E-state index in [1.807, 2.05) is 0 Å². The fourth-order valence-corrected chi connectivity index (χ4v) is 19.9. The van der Waals surface area contributed by atoms with Crippen LogP contribution in [0.5, 0.6) is 0 Å². The number of nitrogens with one attached hydrogen (secondary N) is 4. The standard InChI is InChI=1S/C20H44N6O7P16/c1-7-9(27)10(28)20(3,4)25-14(32)19(43-34)26(6)18(33)17(45(35)36)23-11(29)8(2)22-13(31)16(46(37)47(38)39)24-12(30)15(21-5)44-49(42)48(40)41/h16-17,44H,2,7,34-42H2,1,3-6H3,(H,22,31)(H,23,29)(H,24,30)(H,25,32)/t16-,17-,46?,49?/m0/s1. The van der Waals surface area contributed by atoms with E-state index in [0.29, 0.717) is 13.3 Å². The van der Waals surface area contributed by atoms with Crippen molar-refractivity contribution < 1.29 is 33.6 Å². The monoisotopic (exact) mass is 976 g/mol. The number of hydrogen-bond donors (Lipinski definition) is 4. The molecule has 0 aliphatic heterocycles. The smallest absolute Gasteiger partial charge is 0.273 e. The number of carbonyl (C=O) groups excluding carboxylic acids is 7. The number of carbonyl (C=O) groups is 7. The quantitative estimate of drug-likeness (QED) is 0.0575. The number of aliphatic imine (C=N–C) groups is 1. The molecule has 0 bridgehead atoms. The molecule has 14 atom stereocenters. The summed E-state index contributed by atoms with van der Waals surface area (Å²) in [5, 5.41) is 10.4. The molecule has 0 spiro atoms. The van der Waals surface area contributed by atoms with Crippen LogP contribution in [0, 0.1) is 0 Å². The van der Waals surface area contributed by atoms with E-state index in [2.05, 4.69) is 113 Å². The molecule has 29 heteroatoms. The molecule has 0 aliphatic rings. The molecule has 0 radical (unpaired) electrons. The van der Waals surface area contributed by atoms with Gasteiger partial charge in [0.25, 0.3) is 29.5 Å². The molecular weight excluding hydrogens is 932 g/mol. The highest BCUT2D eigenvalue weighted by Gasteiger charge is 2.37. The zero-order valence-electron chi connectivity index (χ0n) is 27.2. The molecule has 49 heavy (non-hydrogen) atoms. The van der Waals surface area contributed by atoms with Crippen molar-refractivity contribution in [3.05, 3.63) is 12.3 Å². The third kappa shape index (κ3) is 17.2. The predicted molar refractivity (Wildman–Crippen MR) is 252 cm³/mol. The molecule has 13 nitrogen and oxygen atoms in total. The van der Waals surface area contributed by atoms with Crippen molar-refractivity contribution in [2.24, 2.45) is 4.99 Å². The Labute approximate surface area is 317 Å². The lowest BCUT2D eigenvalue weighted by Crippen LogP contribution is -2.57. The zero-order valence-corrected chi connectivity index (χ0v) is 44.0. The molecular formula is C20H44N6O7P16. The zero-order chi connectivity index (χ0) is 38.5. The second kappa shape index (κ2) is 25.1. The number of likely N-dealkylation sites (N-methyl/N-ethyl adjacent to an activating group) is 1. The SMILES string of the molecule is C=C(NC(=O)[C@@H](NC(=O)C(=NC)PP(P)P(P)P)P(P)P(P)P)C(=O)N[C@H](C(=O)N(C)C(=PP)C(=O)NC(C)(C)C(=O)C(=O)CC)P(P)P. The van der Waals surface area contributed by atoms with Crippen molar-refractivity contribution in [1.29, 1.82) is 0 Å². The molecule has 0 saturated carbocycles. The second-order valence-corrected chi connectivity index (χ2v) is 53.8. The van der Waals surface area contributed by atoms with Crippen LogP contribution in [-0.2, 0) is 33.6 Å². The molecule has 0 aromatic carbocycles.